The molecule has 0 fully saturated rings. The van der Waals surface area contributed by atoms with Crippen LogP contribution in [0.3, 0.4) is 0 Å². The van der Waals surface area contributed by atoms with Crippen molar-refractivity contribution in [3.63, 3.8) is 0 Å². The third-order valence-electron chi connectivity index (χ3n) is 3.75. The minimum absolute atomic E-state index is 0.230. The summed E-state index contributed by atoms with van der Waals surface area (Å²) in [5, 5.41) is 0. The highest BCUT2D eigenvalue weighted by atomic mass is 16.3. The van der Waals surface area contributed by atoms with Gasteiger partial charge in [-0.1, -0.05) is 51.9 Å². The van der Waals surface area contributed by atoms with E-state index >= 15 is 0 Å². The molecule has 0 spiro atoms. The summed E-state index contributed by atoms with van der Waals surface area (Å²) in [7, 11) is 0. The first-order valence-corrected chi connectivity index (χ1v) is 7.72. The number of hydrogen-bond acceptors (Lipinski definition) is 3. The van der Waals surface area contributed by atoms with Gasteiger partial charge in [0.05, 0.1) is 0 Å². The monoisotopic (exact) mass is 266 g/mol. The molecule has 0 aliphatic rings. The molecule has 3 heteroatoms. The lowest BCUT2D eigenvalue weighted by Crippen LogP contribution is -2.28. The van der Waals surface area contributed by atoms with E-state index in [4.69, 9.17) is 10.3 Å². The zero-order chi connectivity index (χ0) is 14.1. The second-order valence-electron chi connectivity index (χ2n) is 5.50. The van der Waals surface area contributed by atoms with Gasteiger partial charge in [0.2, 0.25) is 0 Å². The van der Waals surface area contributed by atoms with Gasteiger partial charge in [-0.05, 0) is 26.3 Å². The first-order valence-electron chi connectivity index (χ1n) is 7.72. The third-order valence-corrected chi connectivity index (χ3v) is 3.75. The number of nitrogens with two attached hydrogens (primary N) is 1. The van der Waals surface area contributed by atoms with Gasteiger partial charge in [0.1, 0.15) is 11.5 Å². The molecule has 0 saturated heterocycles. The largest absolute Gasteiger partial charge is 0.466 e. The number of aryl methyl sites for hydroxylation is 2. The molecule has 1 aromatic heterocycles. The summed E-state index contributed by atoms with van der Waals surface area (Å²) in [6.45, 7) is 6.25. The summed E-state index contributed by atoms with van der Waals surface area (Å²) in [6.07, 6.45) is 10.4. The Balaban J connectivity index is 2.24. The quantitative estimate of drug-likeness (QED) is 0.371. The fourth-order valence-electron chi connectivity index (χ4n) is 2.63. The maximum atomic E-state index is 5.67. The fourth-order valence-corrected chi connectivity index (χ4v) is 2.63. The molecule has 3 N–H and O–H groups in total. The summed E-state index contributed by atoms with van der Waals surface area (Å²) in [6, 6.07) is 2.33. The molecule has 1 atom stereocenters. The van der Waals surface area contributed by atoms with Crippen LogP contribution >= 0.6 is 0 Å². The van der Waals surface area contributed by atoms with E-state index in [1.54, 1.807) is 0 Å². The van der Waals surface area contributed by atoms with Gasteiger partial charge >= 0.3 is 0 Å². The Kier molecular flexibility index (Phi) is 7.84. The van der Waals surface area contributed by atoms with E-state index < -0.39 is 0 Å². The first kappa shape index (κ1) is 16.3. The zero-order valence-corrected chi connectivity index (χ0v) is 12.8. The van der Waals surface area contributed by atoms with Crippen LogP contribution in [0.5, 0.6) is 0 Å². The van der Waals surface area contributed by atoms with Crippen molar-refractivity contribution < 1.29 is 4.42 Å². The SMILES string of the molecule is CCCCCCCCCC(NN)c1cc(C)oc1C. The molecule has 1 unspecified atom stereocenters. The van der Waals surface area contributed by atoms with Crippen molar-refractivity contribution in [2.24, 2.45) is 5.84 Å². The lowest BCUT2D eigenvalue weighted by Gasteiger charge is -2.15. The van der Waals surface area contributed by atoms with Gasteiger partial charge in [0.15, 0.2) is 0 Å². The summed E-state index contributed by atoms with van der Waals surface area (Å²) in [5.41, 5.74) is 4.14. The molecule has 3 nitrogen and oxygen atoms in total. The second-order valence-corrected chi connectivity index (χ2v) is 5.50. The van der Waals surface area contributed by atoms with E-state index in [1.165, 1.54) is 50.5 Å². The van der Waals surface area contributed by atoms with Crippen LogP contribution < -0.4 is 11.3 Å². The van der Waals surface area contributed by atoms with Gasteiger partial charge in [-0.3, -0.25) is 11.3 Å². The molecule has 0 aromatic carbocycles. The minimum Gasteiger partial charge on any atom is -0.466 e. The van der Waals surface area contributed by atoms with Crippen LogP contribution in [0.1, 0.15) is 81.4 Å². The smallest absolute Gasteiger partial charge is 0.105 e. The van der Waals surface area contributed by atoms with E-state index in [-0.39, 0.29) is 6.04 Å². The maximum Gasteiger partial charge on any atom is 0.105 e. The Morgan fingerprint density at radius 1 is 1.11 bits per heavy atom. The Hall–Kier alpha value is -0.800. The van der Waals surface area contributed by atoms with Crippen LogP contribution in [-0.2, 0) is 0 Å². The maximum absolute atomic E-state index is 5.67. The molecule has 19 heavy (non-hydrogen) atoms. The first-order chi connectivity index (χ1) is 9.19. The highest BCUT2D eigenvalue weighted by molar-refractivity contribution is 5.23. The van der Waals surface area contributed by atoms with E-state index in [1.807, 2.05) is 13.8 Å². The van der Waals surface area contributed by atoms with E-state index in [2.05, 4.69) is 18.4 Å². The number of furan rings is 1. The summed E-state index contributed by atoms with van der Waals surface area (Å²) in [4.78, 5) is 0. The summed E-state index contributed by atoms with van der Waals surface area (Å²) in [5.74, 6) is 7.63. The normalized spacial score (nSPS) is 12.8. The Labute approximate surface area is 117 Å². The molecule has 0 bridgehead atoms. The molecule has 0 aliphatic carbocycles. The van der Waals surface area contributed by atoms with Crippen molar-refractivity contribution in [3.8, 4) is 0 Å². The topological polar surface area (TPSA) is 51.2 Å². The number of unbranched alkanes of at least 4 members (excludes halogenated alkanes) is 6. The number of nitrogens with one attached hydrogen (secondary N) is 1. The molecule has 1 heterocycles. The van der Waals surface area contributed by atoms with E-state index in [9.17, 15) is 0 Å². The number of rotatable bonds is 10. The molecule has 1 aromatic rings. The number of hydrogen-bond donors (Lipinski definition) is 2. The van der Waals surface area contributed by atoms with Crippen molar-refractivity contribution in [1.82, 2.24) is 5.43 Å². The van der Waals surface area contributed by atoms with Crippen LogP contribution in [-0.4, -0.2) is 0 Å². The van der Waals surface area contributed by atoms with Gasteiger partial charge in [-0.25, -0.2) is 0 Å². The summed E-state index contributed by atoms with van der Waals surface area (Å²) < 4.78 is 5.57. The lowest BCUT2D eigenvalue weighted by atomic mass is 10.00. The average molecular weight is 266 g/mol. The van der Waals surface area contributed by atoms with Gasteiger partial charge in [-0.2, -0.15) is 0 Å². The van der Waals surface area contributed by atoms with Crippen LogP contribution in [0, 0.1) is 13.8 Å². The van der Waals surface area contributed by atoms with E-state index in [0.29, 0.717) is 0 Å². The molecule has 0 amide bonds. The summed E-state index contributed by atoms with van der Waals surface area (Å²) >= 11 is 0. The molecule has 0 radical (unpaired) electrons. The predicted molar refractivity (Wildman–Crippen MR) is 80.9 cm³/mol. The number of hydrazine groups is 1. The molecular weight excluding hydrogens is 236 g/mol. The Bertz CT molecular complexity index is 347. The van der Waals surface area contributed by atoms with Gasteiger partial charge < -0.3 is 4.42 Å². The van der Waals surface area contributed by atoms with Crippen molar-refractivity contribution in [3.05, 3.63) is 23.2 Å². The van der Waals surface area contributed by atoms with Crippen LogP contribution in [0.15, 0.2) is 10.5 Å². The lowest BCUT2D eigenvalue weighted by molar-refractivity contribution is 0.456. The highest BCUT2D eigenvalue weighted by Gasteiger charge is 2.15. The Morgan fingerprint density at radius 2 is 1.74 bits per heavy atom. The van der Waals surface area contributed by atoms with Gasteiger partial charge in [0, 0.05) is 11.6 Å². The van der Waals surface area contributed by atoms with Gasteiger partial charge in [0.25, 0.3) is 0 Å². The van der Waals surface area contributed by atoms with Crippen LogP contribution in [0.4, 0.5) is 0 Å². The second kappa shape index (κ2) is 9.16. The van der Waals surface area contributed by atoms with Crippen molar-refractivity contribution >= 4 is 0 Å². The standard InChI is InChI=1S/C16H30N2O/c1-4-5-6-7-8-9-10-11-16(18-17)15-12-13(2)19-14(15)3/h12,16,18H,4-11,17H2,1-3H3. The molecule has 1 rings (SSSR count). The van der Waals surface area contributed by atoms with Gasteiger partial charge in [-0.15, -0.1) is 0 Å². The molecule has 110 valence electrons. The van der Waals surface area contributed by atoms with Crippen molar-refractivity contribution in [2.75, 3.05) is 0 Å². The third kappa shape index (κ3) is 5.79. The minimum atomic E-state index is 0.230. The highest BCUT2D eigenvalue weighted by Crippen LogP contribution is 2.25. The van der Waals surface area contributed by atoms with Crippen LogP contribution in [0.25, 0.3) is 0 Å². The molecule has 0 saturated carbocycles. The van der Waals surface area contributed by atoms with E-state index in [0.717, 1.165) is 17.9 Å². The predicted octanol–water partition coefficient (Wildman–Crippen LogP) is 4.54. The molecular formula is C16H30N2O. The van der Waals surface area contributed by atoms with Crippen molar-refractivity contribution in [1.29, 1.82) is 0 Å². The average Bonchev–Trinajstić information content (AvgIpc) is 2.72. The van der Waals surface area contributed by atoms with Crippen molar-refractivity contribution in [2.45, 2.75) is 78.2 Å². The van der Waals surface area contributed by atoms with Crippen LogP contribution in [0.2, 0.25) is 0 Å². The molecule has 0 aliphatic heterocycles. The fraction of sp³-hybridized carbons (Fsp3) is 0.750. The Morgan fingerprint density at radius 3 is 2.26 bits per heavy atom. The zero-order valence-electron chi connectivity index (χ0n) is 12.8.